The maximum atomic E-state index is 13.2. The molecule has 1 heterocycles. The molecule has 4 rings (SSSR count). The highest BCUT2D eigenvalue weighted by Gasteiger charge is 2.27. The van der Waals surface area contributed by atoms with Crippen molar-refractivity contribution in [3.8, 4) is 11.4 Å². The van der Waals surface area contributed by atoms with Crippen LogP contribution in [0.25, 0.3) is 16.6 Å². The van der Waals surface area contributed by atoms with Crippen molar-refractivity contribution in [3.05, 3.63) is 88.0 Å². The standard InChI is InChI=1S/C27H27BrN2O5S/c1-5-34-27(31)26-23-16-21(35-36(32,33)22-13-6-18(2)7-14-22)12-15-24(23)30(25(26)17-29(3)4)20-10-8-19(28)9-11-20/h6-16H,5,17H2,1-4H3/p+1. The number of esters is 1. The molecule has 36 heavy (non-hydrogen) atoms. The average molecular weight is 573 g/mol. The van der Waals surface area contributed by atoms with E-state index in [4.69, 9.17) is 8.92 Å². The largest absolute Gasteiger partial charge is 0.462 e. The van der Waals surface area contributed by atoms with Gasteiger partial charge in [0.05, 0.1) is 37.5 Å². The van der Waals surface area contributed by atoms with E-state index in [1.54, 1.807) is 37.3 Å². The summed E-state index contributed by atoms with van der Waals surface area (Å²) in [7, 11) is -0.0512. The van der Waals surface area contributed by atoms with Gasteiger partial charge in [0, 0.05) is 15.5 Å². The number of carbonyl (C=O) groups excluding carboxylic acids is 1. The number of ether oxygens (including phenoxy) is 1. The van der Waals surface area contributed by atoms with Gasteiger partial charge in [-0.25, -0.2) is 4.79 Å². The maximum Gasteiger partial charge on any atom is 0.340 e. The van der Waals surface area contributed by atoms with Crippen LogP contribution in [0.15, 0.2) is 76.1 Å². The van der Waals surface area contributed by atoms with Crippen LogP contribution in [0.5, 0.6) is 5.75 Å². The van der Waals surface area contributed by atoms with E-state index in [1.165, 1.54) is 12.1 Å². The minimum Gasteiger partial charge on any atom is -0.462 e. The molecular weight excluding hydrogens is 544 g/mol. The SMILES string of the molecule is CCOC(=O)c1c(C[NH+](C)C)n(-c2ccc(Br)cc2)c2ccc(OS(=O)(=O)c3ccc(C)cc3)cc12. The number of aromatic nitrogens is 1. The Labute approximate surface area is 219 Å². The summed E-state index contributed by atoms with van der Waals surface area (Å²) in [5.41, 5.74) is 3.73. The second-order valence-electron chi connectivity index (χ2n) is 8.77. The van der Waals surface area contributed by atoms with E-state index in [1.807, 2.05) is 49.9 Å². The highest BCUT2D eigenvalue weighted by Crippen LogP contribution is 2.34. The molecule has 1 N–H and O–H groups in total. The highest BCUT2D eigenvalue weighted by molar-refractivity contribution is 9.10. The average Bonchev–Trinajstić information content (AvgIpc) is 3.12. The van der Waals surface area contributed by atoms with Crippen molar-refractivity contribution >= 4 is 42.9 Å². The molecule has 0 atom stereocenters. The second-order valence-corrected chi connectivity index (χ2v) is 11.2. The number of hydrogen-bond acceptors (Lipinski definition) is 5. The fraction of sp³-hybridized carbons (Fsp3) is 0.222. The number of hydrogen-bond donors (Lipinski definition) is 1. The van der Waals surface area contributed by atoms with Gasteiger partial charge >= 0.3 is 16.1 Å². The zero-order valence-corrected chi connectivity index (χ0v) is 22.9. The summed E-state index contributed by atoms with van der Waals surface area (Å²) in [5.74, 6) is -0.349. The van der Waals surface area contributed by atoms with Gasteiger partial charge in [-0.05, 0) is 68.4 Å². The third-order valence-electron chi connectivity index (χ3n) is 5.64. The Hall–Kier alpha value is -3.14. The van der Waals surface area contributed by atoms with E-state index in [9.17, 15) is 13.2 Å². The number of aryl methyl sites for hydroxylation is 1. The first kappa shape index (κ1) is 25.9. The fourth-order valence-corrected chi connectivity index (χ4v) is 5.26. The summed E-state index contributed by atoms with van der Waals surface area (Å²) in [5, 5.41) is 0.559. The Kier molecular flexibility index (Phi) is 7.54. The van der Waals surface area contributed by atoms with Crippen LogP contribution in [0.3, 0.4) is 0 Å². The molecule has 0 unspecified atom stereocenters. The first-order valence-electron chi connectivity index (χ1n) is 11.5. The van der Waals surface area contributed by atoms with Gasteiger partial charge in [0.2, 0.25) is 0 Å². The van der Waals surface area contributed by atoms with Crippen LogP contribution >= 0.6 is 15.9 Å². The van der Waals surface area contributed by atoms with Gasteiger partial charge in [0.1, 0.15) is 17.2 Å². The molecule has 9 heteroatoms. The number of carbonyl (C=O) groups is 1. The van der Waals surface area contributed by atoms with E-state index >= 15 is 0 Å². The number of nitrogens with zero attached hydrogens (tertiary/aromatic N) is 1. The Morgan fingerprint density at radius 3 is 2.28 bits per heavy atom. The fourth-order valence-electron chi connectivity index (χ4n) is 4.07. The Balaban J connectivity index is 1.92. The van der Waals surface area contributed by atoms with Crippen molar-refractivity contribution in [2.75, 3.05) is 20.7 Å². The summed E-state index contributed by atoms with van der Waals surface area (Å²) in [6.45, 7) is 4.39. The molecule has 0 amide bonds. The van der Waals surface area contributed by atoms with Crippen LogP contribution in [0.1, 0.15) is 28.5 Å². The summed E-state index contributed by atoms with van der Waals surface area (Å²) < 4.78 is 39.7. The normalized spacial score (nSPS) is 11.7. The van der Waals surface area contributed by atoms with Gasteiger partial charge in [0.25, 0.3) is 0 Å². The quantitative estimate of drug-likeness (QED) is 0.252. The lowest BCUT2D eigenvalue weighted by atomic mass is 10.1. The second kappa shape index (κ2) is 10.5. The number of fused-ring (bicyclic) bond motifs is 1. The molecule has 0 aliphatic heterocycles. The predicted octanol–water partition coefficient (Wildman–Crippen LogP) is 4.29. The molecule has 0 saturated carbocycles. The molecule has 0 bridgehead atoms. The molecule has 0 saturated heterocycles. The van der Waals surface area contributed by atoms with E-state index in [0.717, 1.165) is 31.8 Å². The van der Waals surface area contributed by atoms with Crippen LogP contribution < -0.4 is 9.08 Å². The molecular formula is C27H28BrN2O5S+. The third-order valence-corrected chi connectivity index (χ3v) is 7.43. The first-order valence-corrected chi connectivity index (χ1v) is 13.7. The van der Waals surface area contributed by atoms with Crippen LogP contribution in [0.4, 0.5) is 0 Å². The smallest absolute Gasteiger partial charge is 0.340 e. The van der Waals surface area contributed by atoms with Crippen molar-refractivity contribution in [2.45, 2.75) is 25.3 Å². The lowest BCUT2D eigenvalue weighted by Crippen LogP contribution is -3.04. The van der Waals surface area contributed by atoms with Gasteiger partial charge in [-0.15, -0.1) is 0 Å². The minimum absolute atomic E-state index is 0.0585. The molecule has 0 aliphatic carbocycles. The number of halogens is 1. The van der Waals surface area contributed by atoms with Crippen molar-refractivity contribution < 1.29 is 27.0 Å². The van der Waals surface area contributed by atoms with Crippen molar-refractivity contribution in [2.24, 2.45) is 0 Å². The summed E-state index contributed by atoms with van der Waals surface area (Å²) in [6.07, 6.45) is 0. The third kappa shape index (κ3) is 5.33. The molecule has 0 radical (unpaired) electrons. The molecule has 7 nitrogen and oxygen atoms in total. The van der Waals surface area contributed by atoms with Gasteiger partial charge in [-0.1, -0.05) is 33.6 Å². The highest BCUT2D eigenvalue weighted by atomic mass is 79.9. The van der Waals surface area contributed by atoms with Crippen LogP contribution in [0, 0.1) is 6.92 Å². The van der Waals surface area contributed by atoms with Crippen molar-refractivity contribution in [3.63, 3.8) is 0 Å². The zero-order valence-electron chi connectivity index (χ0n) is 20.5. The van der Waals surface area contributed by atoms with Crippen LogP contribution in [-0.2, 0) is 21.4 Å². The van der Waals surface area contributed by atoms with Crippen molar-refractivity contribution in [1.29, 1.82) is 0 Å². The molecule has 1 aromatic heterocycles. The van der Waals surface area contributed by atoms with Gasteiger partial charge in [-0.2, -0.15) is 8.42 Å². The number of nitrogens with one attached hydrogen (secondary N) is 1. The van der Waals surface area contributed by atoms with E-state index in [2.05, 4.69) is 15.9 Å². The van der Waals surface area contributed by atoms with E-state index in [-0.39, 0.29) is 17.3 Å². The van der Waals surface area contributed by atoms with Gasteiger partial charge < -0.3 is 18.4 Å². The van der Waals surface area contributed by atoms with E-state index in [0.29, 0.717) is 17.5 Å². The lowest BCUT2D eigenvalue weighted by Gasteiger charge is -2.14. The first-order chi connectivity index (χ1) is 17.1. The summed E-state index contributed by atoms with van der Waals surface area (Å²) in [6, 6.07) is 19.2. The Morgan fingerprint density at radius 1 is 1.00 bits per heavy atom. The van der Waals surface area contributed by atoms with Crippen molar-refractivity contribution in [1.82, 2.24) is 4.57 Å². The maximum absolute atomic E-state index is 13.2. The topological polar surface area (TPSA) is 79.0 Å². The number of rotatable bonds is 8. The van der Waals surface area contributed by atoms with E-state index < -0.39 is 16.1 Å². The summed E-state index contributed by atoms with van der Waals surface area (Å²) >= 11 is 3.48. The molecule has 4 aromatic rings. The van der Waals surface area contributed by atoms with Crippen LogP contribution in [-0.4, -0.2) is 39.7 Å². The molecule has 0 spiro atoms. The molecule has 0 fully saturated rings. The Morgan fingerprint density at radius 2 is 1.67 bits per heavy atom. The summed E-state index contributed by atoms with van der Waals surface area (Å²) in [4.78, 5) is 14.4. The molecule has 0 aliphatic rings. The van der Waals surface area contributed by atoms with Crippen LogP contribution in [0.2, 0.25) is 0 Å². The molecule has 188 valence electrons. The lowest BCUT2D eigenvalue weighted by molar-refractivity contribution is -0.873. The monoisotopic (exact) mass is 571 g/mol. The molecule has 3 aromatic carbocycles. The Bertz CT molecular complexity index is 1510. The number of benzene rings is 3. The minimum atomic E-state index is -4.05. The zero-order chi connectivity index (χ0) is 26.0. The number of quaternary nitrogens is 1. The predicted molar refractivity (Wildman–Crippen MR) is 142 cm³/mol. The van der Waals surface area contributed by atoms with Gasteiger partial charge in [0.15, 0.2) is 0 Å². The van der Waals surface area contributed by atoms with Gasteiger partial charge in [-0.3, -0.25) is 0 Å².